The molecule has 4 rings (SSSR count). The molecule has 2 aliphatic rings. The molecule has 4 heteroatoms. The molecule has 0 radical (unpaired) electrons. The lowest BCUT2D eigenvalue weighted by molar-refractivity contribution is 0.0532. The summed E-state index contributed by atoms with van der Waals surface area (Å²) in [4.78, 5) is 17.0. The van der Waals surface area contributed by atoms with Crippen LogP contribution >= 0.6 is 11.3 Å². The molecule has 1 aliphatic heterocycles. The van der Waals surface area contributed by atoms with E-state index in [1.807, 2.05) is 6.92 Å². The number of thiophene rings is 1. The lowest BCUT2D eigenvalue weighted by atomic mass is 9.87. The van der Waals surface area contributed by atoms with Gasteiger partial charge in [0.2, 0.25) is 0 Å². The number of hydrogen-bond donors (Lipinski definition) is 0. The minimum absolute atomic E-state index is 0.184. The maximum atomic E-state index is 12.4. The molecule has 2 heterocycles. The second-order valence-electron chi connectivity index (χ2n) is 7.65. The molecule has 0 saturated carbocycles. The Morgan fingerprint density at radius 1 is 1.07 bits per heavy atom. The number of likely N-dealkylation sites (tertiary alicyclic amines) is 1. The molecule has 1 aromatic carbocycles. The number of nitrogens with zero attached hydrogens (tertiary/aromatic N) is 1. The first kappa shape index (κ1) is 19.4. The quantitative estimate of drug-likeness (QED) is 0.655. The van der Waals surface area contributed by atoms with E-state index >= 15 is 0 Å². The maximum Gasteiger partial charge on any atom is 0.348 e. The van der Waals surface area contributed by atoms with Crippen LogP contribution < -0.4 is 0 Å². The standard InChI is InChI=1S/C24H29NO2S/c1-3-13-25-14-11-18(12-15-25)23-19-8-6-5-7-17(19)9-10-21-20(23)16-22(28-21)24(26)27-4-2/h5-8,16H,3-4,9-15H2,1-2H3. The Morgan fingerprint density at radius 2 is 1.86 bits per heavy atom. The largest absolute Gasteiger partial charge is 0.462 e. The number of carbonyl (C=O) groups excluding carboxylic acids is 1. The van der Waals surface area contributed by atoms with Gasteiger partial charge in [0.05, 0.1) is 6.61 Å². The van der Waals surface area contributed by atoms with E-state index in [0.717, 1.165) is 43.6 Å². The van der Waals surface area contributed by atoms with Crippen LogP contribution in [0, 0.1) is 0 Å². The van der Waals surface area contributed by atoms with Crippen LogP contribution in [0.25, 0.3) is 5.57 Å². The van der Waals surface area contributed by atoms with Crippen molar-refractivity contribution in [1.29, 1.82) is 0 Å². The van der Waals surface area contributed by atoms with Gasteiger partial charge < -0.3 is 9.64 Å². The van der Waals surface area contributed by atoms with Crippen LogP contribution in [0.2, 0.25) is 0 Å². The Labute approximate surface area is 172 Å². The summed E-state index contributed by atoms with van der Waals surface area (Å²) >= 11 is 1.62. The summed E-state index contributed by atoms with van der Waals surface area (Å²) < 4.78 is 5.28. The average Bonchev–Trinajstić information content (AvgIpc) is 3.07. The van der Waals surface area contributed by atoms with Crippen LogP contribution in [0.4, 0.5) is 0 Å². The molecule has 0 unspecified atom stereocenters. The zero-order chi connectivity index (χ0) is 19.5. The van der Waals surface area contributed by atoms with E-state index in [2.05, 4.69) is 42.2 Å². The first-order chi connectivity index (χ1) is 13.7. The summed E-state index contributed by atoms with van der Waals surface area (Å²) in [6.45, 7) is 8.01. The third kappa shape index (κ3) is 3.81. The monoisotopic (exact) mass is 395 g/mol. The number of benzene rings is 1. The van der Waals surface area contributed by atoms with Crippen LogP contribution in [-0.2, 0) is 17.6 Å². The Balaban J connectivity index is 1.78. The summed E-state index contributed by atoms with van der Waals surface area (Å²) in [5.41, 5.74) is 7.02. The number of fused-ring (bicyclic) bond motifs is 2. The van der Waals surface area contributed by atoms with Gasteiger partial charge in [-0.05, 0) is 73.9 Å². The zero-order valence-electron chi connectivity index (χ0n) is 16.9. The molecule has 0 spiro atoms. The normalized spacial score (nSPS) is 17.1. The van der Waals surface area contributed by atoms with Crippen molar-refractivity contribution in [3.05, 3.63) is 62.3 Å². The average molecular weight is 396 g/mol. The summed E-state index contributed by atoms with van der Waals surface area (Å²) in [7, 11) is 0. The van der Waals surface area contributed by atoms with Gasteiger partial charge in [-0.3, -0.25) is 0 Å². The van der Waals surface area contributed by atoms with Crippen LogP contribution in [0.3, 0.4) is 0 Å². The van der Waals surface area contributed by atoms with Gasteiger partial charge in [0.1, 0.15) is 4.88 Å². The van der Waals surface area contributed by atoms with Gasteiger partial charge in [0.15, 0.2) is 0 Å². The van der Waals surface area contributed by atoms with Crippen LogP contribution in [0.1, 0.15) is 64.3 Å². The molecule has 0 N–H and O–H groups in total. The van der Waals surface area contributed by atoms with Crippen molar-refractivity contribution >= 4 is 22.9 Å². The van der Waals surface area contributed by atoms with Crippen molar-refractivity contribution in [2.24, 2.45) is 0 Å². The lowest BCUT2D eigenvalue weighted by Crippen LogP contribution is -2.31. The smallest absolute Gasteiger partial charge is 0.348 e. The molecule has 28 heavy (non-hydrogen) atoms. The van der Waals surface area contributed by atoms with E-state index in [1.54, 1.807) is 16.9 Å². The minimum Gasteiger partial charge on any atom is -0.462 e. The summed E-state index contributed by atoms with van der Waals surface area (Å²) in [6.07, 6.45) is 5.48. The second kappa shape index (κ2) is 8.62. The minimum atomic E-state index is -0.184. The third-order valence-corrected chi connectivity index (χ3v) is 6.99. The van der Waals surface area contributed by atoms with Crippen molar-refractivity contribution in [3.63, 3.8) is 0 Å². The number of ether oxygens (including phenoxy) is 1. The molecule has 3 nitrogen and oxygen atoms in total. The number of aryl methyl sites for hydroxylation is 2. The van der Waals surface area contributed by atoms with E-state index in [1.165, 1.54) is 40.1 Å². The fourth-order valence-corrected chi connectivity index (χ4v) is 5.56. The van der Waals surface area contributed by atoms with Gasteiger partial charge in [0.25, 0.3) is 0 Å². The summed E-state index contributed by atoms with van der Waals surface area (Å²) in [6, 6.07) is 10.9. The first-order valence-corrected chi connectivity index (χ1v) is 11.4. The van der Waals surface area contributed by atoms with Crippen molar-refractivity contribution in [2.75, 3.05) is 26.2 Å². The highest BCUT2D eigenvalue weighted by Crippen LogP contribution is 2.41. The highest BCUT2D eigenvalue weighted by atomic mass is 32.1. The maximum absolute atomic E-state index is 12.4. The van der Waals surface area contributed by atoms with Gasteiger partial charge in [-0.1, -0.05) is 36.8 Å². The molecule has 148 valence electrons. The van der Waals surface area contributed by atoms with Crippen molar-refractivity contribution < 1.29 is 9.53 Å². The second-order valence-corrected chi connectivity index (χ2v) is 8.78. The highest BCUT2D eigenvalue weighted by molar-refractivity contribution is 7.14. The van der Waals surface area contributed by atoms with Gasteiger partial charge >= 0.3 is 5.97 Å². The molecule has 1 aliphatic carbocycles. The van der Waals surface area contributed by atoms with E-state index in [0.29, 0.717) is 6.61 Å². The Bertz CT molecular complexity index is 886. The van der Waals surface area contributed by atoms with Gasteiger partial charge in [-0.25, -0.2) is 4.79 Å². The predicted molar refractivity (Wildman–Crippen MR) is 116 cm³/mol. The molecule has 1 saturated heterocycles. The van der Waals surface area contributed by atoms with Crippen molar-refractivity contribution in [1.82, 2.24) is 4.90 Å². The Hall–Kier alpha value is -1.91. The molecule has 0 atom stereocenters. The Kier molecular flexibility index (Phi) is 5.98. The van der Waals surface area contributed by atoms with Gasteiger partial charge in [0, 0.05) is 18.0 Å². The number of hydrogen-bond acceptors (Lipinski definition) is 4. The van der Waals surface area contributed by atoms with Crippen LogP contribution in [0.15, 0.2) is 35.9 Å². The molecule has 1 fully saturated rings. The Morgan fingerprint density at radius 3 is 2.61 bits per heavy atom. The van der Waals surface area contributed by atoms with E-state index < -0.39 is 0 Å². The SMILES string of the molecule is CCCN1CCC(=C2c3ccccc3CCc3sc(C(=O)OCC)cc32)CC1. The fraction of sp³-hybridized carbons (Fsp3) is 0.458. The number of carbonyl (C=O) groups is 1. The van der Waals surface area contributed by atoms with E-state index in [9.17, 15) is 4.79 Å². The third-order valence-electron chi connectivity index (χ3n) is 5.82. The van der Waals surface area contributed by atoms with Crippen LogP contribution in [-0.4, -0.2) is 37.1 Å². The number of esters is 1. The van der Waals surface area contributed by atoms with Gasteiger partial charge in [-0.2, -0.15) is 0 Å². The fourth-order valence-electron chi connectivity index (χ4n) is 4.50. The number of rotatable bonds is 4. The highest BCUT2D eigenvalue weighted by Gasteiger charge is 2.26. The number of piperidine rings is 1. The summed E-state index contributed by atoms with van der Waals surface area (Å²) in [5, 5.41) is 0. The van der Waals surface area contributed by atoms with E-state index in [4.69, 9.17) is 4.74 Å². The first-order valence-electron chi connectivity index (χ1n) is 10.5. The van der Waals surface area contributed by atoms with Gasteiger partial charge in [-0.15, -0.1) is 11.3 Å². The topological polar surface area (TPSA) is 29.5 Å². The molecule has 0 bridgehead atoms. The molecular formula is C24H29NO2S. The molecular weight excluding hydrogens is 366 g/mol. The van der Waals surface area contributed by atoms with E-state index in [-0.39, 0.29) is 5.97 Å². The molecule has 1 aromatic heterocycles. The lowest BCUT2D eigenvalue weighted by Gasteiger charge is -2.30. The summed E-state index contributed by atoms with van der Waals surface area (Å²) in [5.74, 6) is -0.184. The molecule has 0 amide bonds. The molecule has 2 aromatic rings. The van der Waals surface area contributed by atoms with Crippen molar-refractivity contribution in [3.8, 4) is 0 Å². The van der Waals surface area contributed by atoms with Crippen molar-refractivity contribution in [2.45, 2.75) is 46.0 Å². The predicted octanol–water partition coefficient (Wildman–Crippen LogP) is 5.33. The van der Waals surface area contributed by atoms with Crippen LogP contribution in [0.5, 0.6) is 0 Å². The zero-order valence-corrected chi connectivity index (χ0v) is 17.7.